The molecule has 8 heteroatoms. The molecule has 0 spiro atoms. The molecule has 1 heterocycles. The molecule has 0 saturated heterocycles. The molecule has 0 saturated carbocycles. The van der Waals surface area contributed by atoms with Crippen LogP contribution in [0.5, 0.6) is 0 Å². The van der Waals surface area contributed by atoms with Gasteiger partial charge in [0, 0.05) is 7.11 Å². The summed E-state index contributed by atoms with van der Waals surface area (Å²) < 4.78 is 8.61. The van der Waals surface area contributed by atoms with Gasteiger partial charge in [-0.2, -0.15) is 0 Å². The summed E-state index contributed by atoms with van der Waals surface area (Å²) in [7, 11) is 1.45. The van der Waals surface area contributed by atoms with Crippen LogP contribution in [-0.2, 0) is 9.53 Å². The van der Waals surface area contributed by atoms with Crippen molar-refractivity contribution in [3.05, 3.63) is 10.6 Å². The van der Waals surface area contributed by atoms with Gasteiger partial charge in [-0.15, -0.1) is 5.10 Å². The van der Waals surface area contributed by atoms with Crippen molar-refractivity contribution in [3.63, 3.8) is 0 Å². The number of carboxylic acids is 1. The first-order valence-corrected chi connectivity index (χ1v) is 5.97. The van der Waals surface area contributed by atoms with Crippen LogP contribution in [0.25, 0.3) is 0 Å². The molecular formula is C10H15N3O4S. The molecular weight excluding hydrogens is 258 g/mol. The number of aliphatic carboxylic acids is 1. The van der Waals surface area contributed by atoms with Crippen LogP contribution in [0.15, 0.2) is 0 Å². The predicted molar refractivity (Wildman–Crippen MR) is 64.6 cm³/mol. The fourth-order valence-electron chi connectivity index (χ4n) is 1.55. The molecule has 100 valence electrons. The van der Waals surface area contributed by atoms with Gasteiger partial charge in [0.05, 0.1) is 24.3 Å². The Labute approximate surface area is 108 Å². The number of hydrogen-bond acceptors (Lipinski definition) is 6. The van der Waals surface area contributed by atoms with Crippen LogP contribution >= 0.6 is 11.5 Å². The lowest BCUT2D eigenvalue weighted by Gasteiger charge is -2.28. The van der Waals surface area contributed by atoms with Gasteiger partial charge in [-0.3, -0.25) is 9.59 Å². The highest BCUT2D eigenvalue weighted by atomic mass is 32.1. The number of nitrogens with zero attached hydrogens (tertiary/aromatic N) is 2. The topological polar surface area (TPSA) is 101 Å². The third-order valence-electron chi connectivity index (χ3n) is 2.28. The summed E-state index contributed by atoms with van der Waals surface area (Å²) in [6, 6.07) is 0. The van der Waals surface area contributed by atoms with E-state index in [0.717, 1.165) is 11.5 Å². The SMILES string of the molecule is COCC(C)(CC(=O)O)NC(=O)c1snnc1C. The largest absolute Gasteiger partial charge is 0.481 e. The quantitative estimate of drug-likeness (QED) is 0.780. The molecule has 0 aliphatic rings. The van der Waals surface area contributed by atoms with Gasteiger partial charge in [-0.25, -0.2) is 0 Å². The molecule has 1 aromatic rings. The average Bonchev–Trinajstić information content (AvgIpc) is 2.62. The van der Waals surface area contributed by atoms with Gasteiger partial charge in [0.1, 0.15) is 4.88 Å². The van der Waals surface area contributed by atoms with Gasteiger partial charge >= 0.3 is 5.97 Å². The smallest absolute Gasteiger partial charge is 0.305 e. The summed E-state index contributed by atoms with van der Waals surface area (Å²) in [6.45, 7) is 3.39. The number of amides is 1. The van der Waals surface area contributed by atoms with Crippen LogP contribution in [-0.4, -0.2) is 45.8 Å². The Hall–Kier alpha value is -1.54. The summed E-state index contributed by atoms with van der Waals surface area (Å²) in [6.07, 6.45) is -0.224. The maximum Gasteiger partial charge on any atom is 0.305 e. The Morgan fingerprint density at radius 2 is 2.22 bits per heavy atom. The third-order valence-corrected chi connectivity index (χ3v) is 3.10. The summed E-state index contributed by atoms with van der Waals surface area (Å²) in [4.78, 5) is 23.1. The number of rotatable bonds is 6. The number of carbonyl (C=O) groups excluding carboxylic acids is 1. The molecule has 0 aliphatic carbocycles. The van der Waals surface area contributed by atoms with Gasteiger partial charge in [0.25, 0.3) is 5.91 Å². The Morgan fingerprint density at radius 3 is 2.67 bits per heavy atom. The molecule has 2 N–H and O–H groups in total. The monoisotopic (exact) mass is 273 g/mol. The van der Waals surface area contributed by atoms with E-state index in [9.17, 15) is 9.59 Å². The Morgan fingerprint density at radius 1 is 1.56 bits per heavy atom. The molecule has 1 unspecified atom stereocenters. The molecule has 0 fully saturated rings. The number of carbonyl (C=O) groups is 2. The van der Waals surface area contributed by atoms with Crippen molar-refractivity contribution in [1.82, 2.24) is 14.9 Å². The predicted octanol–water partition coefficient (Wildman–Crippen LogP) is 0.456. The highest BCUT2D eigenvalue weighted by Gasteiger charge is 2.31. The zero-order chi connectivity index (χ0) is 13.8. The second-order valence-electron chi connectivity index (χ2n) is 4.21. The van der Waals surface area contributed by atoms with E-state index in [1.165, 1.54) is 7.11 Å². The second kappa shape index (κ2) is 5.87. The lowest BCUT2D eigenvalue weighted by atomic mass is 9.99. The molecule has 0 aromatic carbocycles. The number of aromatic nitrogens is 2. The van der Waals surface area contributed by atoms with Crippen molar-refractivity contribution in [2.24, 2.45) is 0 Å². The molecule has 0 radical (unpaired) electrons. The highest BCUT2D eigenvalue weighted by Crippen LogP contribution is 2.15. The number of hydrogen-bond donors (Lipinski definition) is 2. The Balaban J connectivity index is 2.81. The first-order chi connectivity index (χ1) is 8.38. The number of nitrogens with one attached hydrogen (secondary N) is 1. The lowest BCUT2D eigenvalue weighted by molar-refractivity contribution is -0.139. The van der Waals surface area contributed by atoms with Crippen molar-refractivity contribution >= 4 is 23.4 Å². The molecule has 0 aliphatic heterocycles. The van der Waals surface area contributed by atoms with Crippen molar-refractivity contribution in [1.29, 1.82) is 0 Å². The van der Waals surface area contributed by atoms with E-state index in [4.69, 9.17) is 9.84 Å². The minimum Gasteiger partial charge on any atom is -0.481 e. The molecule has 7 nitrogen and oxygen atoms in total. The van der Waals surface area contributed by atoms with E-state index in [2.05, 4.69) is 14.9 Å². The zero-order valence-electron chi connectivity index (χ0n) is 10.4. The molecule has 1 atom stereocenters. The summed E-state index contributed by atoms with van der Waals surface area (Å²) in [5.74, 6) is -1.39. The van der Waals surface area contributed by atoms with Crippen LogP contribution < -0.4 is 5.32 Å². The third kappa shape index (κ3) is 3.74. The maximum absolute atomic E-state index is 12.0. The molecule has 1 amide bonds. The van der Waals surface area contributed by atoms with Gasteiger partial charge in [0.2, 0.25) is 0 Å². The average molecular weight is 273 g/mol. The van der Waals surface area contributed by atoms with E-state index in [0.29, 0.717) is 10.6 Å². The standard InChI is InChI=1S/C10H15N3O4S/c1-6-8(18-13-12-6)9(16)11-10(2,5-17-3)4-7(14)15/h4-5H2,1-3H3,(H,11,16)(H,14,15). The minimum atomic E-state index is -1.01. The van der Waals surface area contributed by atoms with Crippen molar-refractivity contribution in [3.8, 4) is 0 Å². The first kappa shape index (κ1) is 14.5. The fraction of sp³-hybridized carbons (Fsp3) is 0.600. The summed E-state index contributed by atoms with van der Waals surface area (Å²) >= 11 is 0.974. The zero-order valence-corrected chi connectivity index (χ0v) is 11.2. The van der Waals surface area contributed by atoms with Gasteiger partial charge in [-0.1, -0.05) is 4.49 Å². The first-order valence-electron chi connectivity index (χ1n) is 5.20. The Bertz CT molecular complexity index is 448. The van der Waals surface area contributed by atoms with E-state index < -0.39 is 11.5 Å². The Kier molecular flexibility index (Phi) is 4.74. The van der Waals surface area contributed by atoms with Crippen LogP contribution in [0, 0.1) is 6.92 Å². The van der Waals surface area contributed by atoms with Crippen LogP contribution in [0.4, 0.5) is 0 Å². The van der Waals surface area contributed by atoms with Crippen molar-refractivity contribution in [2.45, 2.75) is 25.8 Å². The lowest BCUT2D eigenvalue weighted by Crippen LogP contribution is -2.50. The van der Waals surface area contributed by atoms with E-state index in [1.54, 1.807) is 13.8 Å². The normalized spacial score (nSPS) is 13.9. The molecule has 1 aromatic heterocycles. The van der Waals surface area contributed by atoms with E-state index in [1.807, 2.05) is 0 Å². The molecule has 0 bridgehead atoms. The number of ether oxygens (including phenoxy) is 1. The van der Waals surface area contributed by atoms with E-state index >= 15 is 0 Å². The maximum atomic E-state index is 12.0. The number of aryl methyl sites for hydroxylation is 1. The second-order valence-corrected chi connectivity index (χ2v) is 4.96. The van der Waals surface area contributed by atoms with Crippen LogP contribution in [0.2, 0.25) is 0 Å². The summed E-state index contributed by atoms with van der Waals surface area (Å²) in [5.41, 5.74) is -0.443. The molecule has 1 rings (SSSR count). The van der Waals surface area contributed by atoms with E-state index in [-0.39, 0.29) is 18.9 Å². The fourth-order valence-corrected chi connectivity index (χ4v) is 2.11. The number of carboxylic acid groups (broad SMARTS) is 1. The van der Waals surface area contributed by atoms with Gasteiger partial charge < -0.3 is 15.2 Å². The van der Waals surface area contributed by atoms with Gasteiger partial charge in [0.15, 0.2) is 0 Å². The number of methoxy groups -OCH3 is 1. The molecule has 18 heavy (non-hydrogen) atoms. The highest BCUT2D eigenvalue weighted by molar-refractivity contribution is 7.08. The van der Waals surface area contributed by atoms with Crippen LogP contribution in [0.1, 0.15) is 28.7 Å². The van der Waals surface area contributed by atoms with Crippen molar-refractivity contribution in [2.75, 3.05) is 13.7 Å². The van der Waals surface area contributed by atoms with Gasteiger partial charge in [-0.05, 0) is 25.4 Å². The van der Waals surface area contributed by atoms with Crippen molar-refractivity contribution < 1.29 is 19.4 Å². The van der Waals surface area contributed by atoms with Crippen LogP contribution in [0.3, 0.4) is 0 Å². The minimum absolute atomic E-state index is 0.107. The summed E-state index contributed by atoms with van der Waals surface area (Å²) in [5, 5.41) is 15.2.